The zero-order valence-electron chi connectivity index (χ0n) is 26.2. The van der Waals surface area contributed by atoms with E-state index >= 15 is 0 Å². The van der Waals surface area contributed by atoms with E-state index in [0.717, 1.165) is 6.42 Å². The molecule has 0 radical (unpaired) electrons. The molecule has 0 aliphatic rings. The zero-order chi connectivity index (χ0) is 27.4. The first-order valence-electron chi connectivity index (χ1n) is 13.8. The molecule has 0 heterocycles. The molecule has 2 rings (SSSR count). The lowest BCUT2D eigenvalue weighted by Crippen LogP contribution is -2.25. The lowest BCUT2D eigenvalue weighted by atomic mass is 9.70. The summed E-state index contributed by atoms with van der Waals surface area (Å²) in [7, 11) is 0. The molecular weight excluding hydrogens is 420 g/mol. The molecule has 0 N–H and O–H groups in total. The monoisotopic (exact) mass is 476 g/mol. The first-order chi connectivity index (χ1) is 15.4. The molecule has 0 aliphatic carbocycles. The van der Waals surface area contributed by atoms with Crippen molar-refractivity contribution in [2.45, 2.75) is 150 Å². The van der Waals surface area contributed by atoms with Crippen molar-refractivity contribution in [1.29, 1.82) is 0 Å². The van der Waals surface area contributed by atoms with Crippen molar-refractivity contribution in [1.82, 2.24) is 0 Å². The van der Waals surface area contributed by atoms with Crippen molar-refractivity contribution in [2.24, 2.45) is 0 Å². The average molecular weight is 477 g/mol. The normalized spacial score (nSPS) is 14.9. The smallest absolute Gasteiger partial charge is 0.0129 e. The van der Waals surface area contributed by atoms with E-state index in [1.54, 1.807) is 5.56 Å². The van der Waals surface area contributed by atoms with Crippen LogP contribution in [0.15, 0.2) is 30.3 Å². The summed E-state index contributed by atoms with van der Waals surface area (Å²) in [5.74, 6) is 0.452. The quantitative estimate of drug-likeness (QED) is 0.413. The molecule has 0 nitrogen and oxygen atoms in total. The second-order valence-electron chi connectivity index (χ2n) is 16.2. The first kappa shape index (κ1) is 29.7. The van der Waals surface area contributed by atoms with Crippen molar-refractivity contribution >= 4 is 0 Å². The van der Waals surface area contributed by atoms with Gasteiger partial charge < -0.3 is 0 Å². The Kier molecular flexibility index (Phi) is 7.96. The molecule has 0 aromatic heterocycles. The highest BCUT2D eigenvalue weighted by atomic mass is 14.4. The minimum absolute atomic E-state index is 0.100. The molecule has 0 saturated heterocycles. The van der Waals surface area contributed by atoms with Crippen LogP contribution in [-0.4, -0.2) is 0 Å². The first-order valence-corrected chi connectivity index (χ1v) is 13.8. The summed E-state index contributed by atoms with van der Waals surface area (Å²) in [6.45, 7) is 37.8. The molecule has 0 saturated carbocycles. The molecule has 0 heteroatoms. The van der Waals surface area contributed by atoms with Crippen LogP contribution in [0.4, 0.5) is 0 Å². The molecular formula is C35H56. The molecule has 35 heavy (non-hydrogen) atoms. The van der Waals surface area contributed by atoms with Gasteiger partial charge in [0.25, 0.3) is 0 Å². The van der Waals surface area contributed by atoms with Crippen LogP contribution in [0.25, 0.3) is 0 Å². The minimum atomic E-state index is 0.100. The van der Waals surface area contributed by atoms with E-state index in [-0.39, 0.29) is 27.1 Å². The Balaban J connectivity index is 2.73. The van der Waals surface area contributed by atoms with Crippen molar-refractivity contribution in [2.75, 3.05) is 0 Å². The second-order valence-corrected chi connectivity index (χ2v) is 16.2. The van der Waals surface area contributed by atoms with Crippen LogP contribution in [0.1, 0.15) is 156 Å². The third kappa shape index (κ3) is 7.02. The van der Waals surface area contributed by atoms with Crippen molar-refractivity contribution in [3.05, 3.63) is 69.3 Å². The van der Waals surface area contributed by atoms with Crippen LogP contribution in [0.5, 0.6) is 0 Å². The molecule has 0 spiro atoms. The Hall–Kier alpha value is -1.56. The standard InChI is InChI=1S/C35H56/c1-23(24-17-18-27(32(5,6)7)30(20-24)35(14,15)16)19-26-28(33(8,9)10)21-25(31(2,3)4)22-29(26)34(11,12)13/h17-18,20-23H,19H2,1-16H3. The van der Waals surface area contributed by atoms with Crippen molar-refractivity contribution < 1.29 is 0 Å². The number of rotatable bonds is 3. The van der Waals surface area contributed by atoms with Gasteiger partial charge in [0.05, 0.1) is 0 Å². The van der Waals surface area contributed by atoms with E-state index in [2.05, 4.69) is 141 Å². The van der Waals surface area contributed by atoms with Gasteiger partial charge in [-0.05, 0) is 78.4 Å². The van der Waals surface area contributed by atoms with Crippen LogP contribution in [0, 0.1) is 0 Å². The average Bonchev–Trinajstić information content (AvgIpc) is 2.63. The van der Waals surface area contributed by atoms with Crippen LogP contribution >= 0.6 is 0 Å². The van der Waals surface area contributed by atoms with Gasteiger partial charge in [0.15, 0.2) is 0 Å². The van der Waals surface area contributed by atoms with Gasteiger partial charge in [-0.1, -0.05) is 141 Å². The van der Waals surface area contributed by atoms with E-state index < -0.39 is 0 Å². The van der Waals surface area contributed by atoms with Gasteiger partial charge in [-0.3, -0.25) is 0 Å². The van der Waals surface area contributed by atoms with Gasteiger partial charge in [-0.2, -0.15) is 0 Å². The molecule has 0 amide bonds. The third-order valence-corrected chi connectivity index (χ3v) is 7.47. The summed E-state index contributed by atoms with van der Waals surface area (Å²) < 4.78 is 0. The fourth-order valence-corrected chi connectivity index (χ4v) is 5.23. The molecule has 2 aromatic rings. The maximum Gasteiger partial charge on any atom is -0.0129 e. The van der Waals surface area contributed by atoms with Gasteiger partial charge in [0, 0.05) is 0 Å². The van der Waals surface area contributed by atoms with Gasteiger partial charge in [0.1, 0.15) is 0 Å². The van der Waals surface area contributed by atoms with E-state index in [9.17, 15) is 0 Å². The summed E-state index contributed by atoms with van der Waals surface area (Å²) >= 11 is 0. The topological polar surface area (TPSA) is 0 Å². The molecule has 1 unspecified atom stereocenters. The summed E-state index contributed by atoms with van der Waals surface area (Å²) in [6.07, 6.45) is 1.07. The van der Waals surface area contributed by atoms with Gasteiger partial charge >= 0.3 is 0 Å². The number of hydrogen-bond donors (Lipinski definition) is 0. The Morgan fingerprint density at radius 3 is 1.23 bits per heavy atom. The lowest BCUT2D eigenvalue weighted by molar-refractivity contribution is 0.526. The summed E-state index contributed by atoms with van der Waals surface area (Å²) in [6, 6.07) is 12.4. The van der Waals surface area contributed by atoms with E-state index in [1.165, 1.54) is 33.4 Å². The molecule has 0 bridgehead atoms. The number of benzene rings is 2. The molecule has 196 valence electrons. The molecule has 0 aliphatic heterocycles. The maximum atomic E-state index is 2.52. The summed E-state index contributed by atoms with van der Waals surface area (Å²) in [4.78, 5) is 0. The highest BCUT2D eigenvalue weighted by Gasteiger charge is 2.31. The van der Waals surface area contributed by atoms with E-state index in [1.807, 2.05) is 0 Å². The highest BCUT2D eigenvalue weighted by molar-refractivity contribution is 5.49. The fourth-order valence-electron chi connectivity index (χ4n) is 5.23. The van der Waals surface area contributed by atoms with Crippen molar-refractivity contribution in [3.63, 3.8) is 0 Å². The van der Waals surface area contributed by atoms with Crippen LogP contribution in [-0.2, 0) is 33.5 Å². The van der Waals surface area contributed by atoms with Gasteiger partial charge in [-0.25, -0.2) is 0 Å². The third-order valence-electron chi connectivity index (χ3n) is 7.47. The largest absolute Gasteiger partial charge is 0.0584 e. The second kappa shape index (κ2) is 9.39. The summed E-state index contributed by atoms with van der Waals surface area (Å²) in [5, 5.41) is 0. The maximum absolute atomic E-state index is 2.52. The van der Waals surface area contributed by atoms with Crippen LogP contribution in [0.2, 0.25) is 0 Å². The van der Waals surface area contributed by atoms with Crippen LogP contribution in [0.3, 0.4) is 0 Å². The molecule has 0 fully saturated rings. The van der Waals surface area contributed by atoms with Gasteiger partial charge in [-0.15, -0.1) is 0 Å². The van der Waals surface area contributed by atoms with Crippen LogP contribution < -0.4 is 0 Å². The lowest BCUT2D eigenvalue weighted by Gasteiger charge is -2.35. The highest BCUT2D eigenvalue weighted by Crippen LogP contribution is 2.41. The fraction of sp³-hybridized carbons (Fsp3) is 0.657. The van der Waals surface area contributed by atoms with E-state index in [4.69, 9.17) is 0 Å². The zero-order valence-corrected chi connectivity index (χ0v) is 26.2. The minimum Gasteiger partial charge on any atom is -0.0584 e. The Morgan fingerprint density at radius 2 is 0.886 bits per heavy atom. The predicted octanol–water partition coefficient (Wildman–Crippen LogP) is 10.5. The molecule has 1 atom stereocenters. The number of hydrogen-bond acceptors (Lipinski definition) is 0. The Bertz CT molecular complexity index is 993. The molecule has 2 aromatic carbocycles. The van der Waals surface area contributed by atoms with E-state index in [0.29, 0.717) is 5.92 Å². The Morgan fingerprint density at radius 1 is 0.486 bits per heavy atom. The predicted molar refractivity (Wildman–Crippen MR) is 159 cm³/mol. The Labute approximate surface area is 219 Å². The van der Waals surface area contributed by atoms with Crippen molar-refractivity contribution in [3.8, 4) is 0 Å². The SMILES string of the molecule is CC(Cc1c(C(C)(C)C)cc(C(C)(C)C)cc1C(C)(C)C)c1ccc(C(C)(C)C)c(C(C)(C)C)c1. The summed E-state index contributed by atoms with van der Waals surface area (Å²) in [5.41, 5.74) is 11.1. The van der Waals surface area contributed by atoms with Gasteiger partial charge in [0.2, 0.25) is 0 Å².